The molecular weight excluding hydrogens is 322 g/mol. The van der Waals surface area contributed by atoms with Crippen LogP contribution in [0.3, 0.4) is 0 Å². The van der Waals surface area contributed by atoms with Gasteiger partial charge in [-0.3, -0.25) is 0 Å². The van der Waals surface area contributed by atoms with Crippen molar-refractivity contribution in [3.8, 4) is 0 Å². The van der Waals surface area contributed by atoms with E-state index in [-0.39, 0.29) is 0 Å². The molecule has 1 heterocycles. The number of halogens is 1. The van der Waals surface area contributed by atoms with Crippen LogP contribution in [-0.2, 0) is 11.3 Å². The summed E-state index contributed by atoms with van der Waals surface area (Å²) in [6, 6.07) is 7.12. The van der Waals surface area contributed by atoms with Gasteiger partial charge in [-0.2, -0.15) is 0 Å². The first-order chi connectivity index (χ1) is 9.15. The molecule has 1 aliphatic rings. The summed E-state index contributed by atoms with van der Waals surface area (Å²) in [5.41, 5.74) is 1.40. The van der Waals surface area contributed by atoms with E-state index in [4.69, 9.17) is 4.74 Å². The Morgan fingerprint density at radius 3 is 2.79 bits per heavy atom. The zero-order chi connectivity index (χ0) is 13.7. The third kappa shape index (κ3) is 5.10. The van der Waals surface area contributed by atoms with E-state index < -0.39 is 0 Å². The van der Waals surface area contributed by atoms with Gasteiger partial charge < -0.3 is 10.1 Å². The highest BCUT2D eigenvalue weighted by atomic mass is 79.9. The SMILES string of the molecule is CC(C)NCc1ccc(Br)cc1SC1CCOCC1. The Kier molecular flexibility index (Phi) is 6.20. The van der Waals surface area contributed by atoms with Gasteiger partial charge in [0.1, 0.15) is 0 Å². The lowest BCUT2D eigenvalue weighted by Crippen LogP contribution is -2.22. The molecule has 0 bridgehead atoms. The highest BCUT2D eigenvalue weighted by Crippen LogP contribution is 2.33. The van der Waals surface area contributed by atoms with E-state index in [1.165, 1.54) is 10.5 Å². The van der Waals surface area contributed by atoms with E-state index in [0.29, 0.717) is 11.3 Å². The van der Waals surface area contributed by atoms with Crippen molar-refractivity contribution in [1.82, 2.24) is 5.32 Å². The quantitative estimate of drug-likeness (QED) is 0.864. The minimum absolute atomic E-state index is 0.518. The average molecular weight is 344 g/mol. The molecule has 0 aromatic heterocycles. The van der Waals surface area contributed by atoms with Crippen LogP contribution in [0.1, 0.15) is 32.3 Å². The highest BCUT2D eigenvalue weighted by Gasteiger charge is 2.16. The van der Waals surface area contributed by atoms with E-state index in [9.17, 15) is 0 Å². The minimum atomic E-state index is 0.518. The van der Waals surface area contributed by atoms with Crippen molar-refractivity contribution in [1.29, 1.82) is 0 Å². The van der Waals surface area contributed by atoms with Crippen LogP contribution in [-0.4, -0.2) is 24.5 Å². The minimum Gasteiger partial charge on any atom is -0.381 e. The molecule has 0 spiro atoms. The monoisotopic (exact) mass is 343 g/mol. The number of rotatable bonds is 5. The van der Waals surface area contributed by atoms with Gasteiger partial charge in [0.2, 0.25) is 0 Å². The molecule has 0 radical (unpaired) electrons. The van der Waals surface area contributed by atoms with Crippen LogP contribution in [0, 0.1) is 0 Å². The molecule has 1 aromatic carbocycles. The van der Waals surface area contributed by atoms with Crippen LogP contribution < -0.4 is 5.32 Å². The second-order valence-electron chi connectivity index (χ2n) is 5.22. The summed E-state index contributed by atoms with van der Waals surface area (Å²) in [6.45, 7) is 7.13. The predicted molar refractivity (Wildman–Crippen MR) is 85.8 cm³/mol. The normalized spacial score (nSPS) is 17.1. The third-order valence-electron chi connectivity index (χ3n) is 3.19. The lowest BCUT2D eigenvalue weighted by molar-refractivity contribution is 0.1000. The summed E-state index contributed by atoms with van der Waals surface area (Å²) < 4.78 is 6.60. The summed E-state index contributed by atoms with van der Waals surface area (Å²) >= 11 is 5.59. The first-order valence-corrected chi connectivity index (χ1v) is 8.58. The fourth-order valence-electron chi connectivity index (χ4n) is 2.07. The highest BCUT2D eigenvalue weighted by molar-refractivity contribution is 9.10. The van der Waals surface area contributed by atoms with Crippen LogP contribution in [0.25, 0.3) is 0 Å². The fourth-order valence-corrected chi connectivity index (χ4v) is 3.86. The lowest BCUT2D eigenvalue weighted by atomic mass is 10.2. The van der Waals surface area contributed by atoms with Gasteiger partial charge >= 0.3 is 0 Å². The fraction of sp³-hybridized carbons (Fsp3) is 0.600. The molecule has 2 nitrogen and oxygen atoms in total. The molecule has 0 aliphatic carbocycles. The van der Waals surface area contributed by atoms with Gasteiger partial charge in [0.15, 0.2) is 0 Å². The summed E-state index contributed by atoms with van der Waals surface area (Å²) in [4.78, 5) is 1.40. The van der Waals surface area contributed by atoms with Gasteiger partial charge in [-0.15, -0.1) is 11.8 Å². The second kappa shape index (κ2) is 7.67. The number of hydrogen-bond acceptors (Lipinski definition) is 3. The van der Waals surface area contributed by atoms with Crippen LogP contribution >= 0.6 is 27.7 Å². The van der Waals surface area contributed by atoms with Crippen molar-refractivity contribution < 1.29 is 4.74 Å². The predicted octanol–water partition coefficient (Wildman–Crippen LogP) is 4.22. The number of nitrogens with one attached hydrogen (secondary N) is 1. The zero-order valence-electron chi connectivity index (χ0n) is 11.6. The van der Waals surface area contributed by atoms with E-state index in [1.54, 1.807) is 0 Å². The average Bonchev–Trinajstić information content (AvgIpc) is 2.39. The van der Waals surface area contributed by atoms with E-state index in [0.717, 1.165) is 37.1 Å². The Morgan fingerprint density at radius 1 is 1.37 bits per heavy atom. The van der Waals surface area contributed by atoms with Crippen molar-refractivity contribution in [3.05, 3.63) is 28.2 Å². The van der Waals surface area contributed by atoms with Crippen molar-refractivity contribution in [2.24, 2.45) is 0 Å². The molecule has 106 valence electrons. The smallest absolute Gasteiger partial charge is 0.0476 e. The molecule has 1 aromatic rings. The lowest BCUT2D eigenvalue weighted by Gasteiger charge is -2.23. The first kappa shape index (κ1) is 15.4. The molecule has 4 heteroatoms. The van der Waals surface area contributed by atoms with Crippen LogP contribution in [0.2, 0.25) is 0 Å². The molecule has 2 rings (SSSR count). The number of ether oxygens (including phenoxy) is 1. The van der Waals surface area contributed by atoms with Crippen molar-refractivity contribution >= 4 is 27.7 Å². The van der Waals surface area contributed by atoms with Gasteiger partial charge in [-0.25, -0.2) is 0 Å². The Labute approximate surface area is 128 Å². The standard InChI is InChI=1S/C15H22BrNOS/c1-11(2)17-10-12-3-4-13(16)9-15(12)19-14-5-7-18-8-6-14/h3-4,9,11,14,17H,5-8,10H2,1-2H3. The van der Waals surface area contributed by atoms with Gasteiger partial charge in [0.25, 0.3) is 0 Å². The Balaban J connectivity index is 2.05. The topological polar surface area (TPSA) is 21.3 Å². The van der Waals surface area contributed by atoms with Crippen LogP contribution in [0.5, 0.6) is 0 Å². The summed E-state index contributed by atoms with van der Waals surface area (Å²) in [5.74, 6) is 0. The van der Waals surface area contributed by atoms with Gasteiger partial charge in [0, 0.05) is 40.4 Å². The Bertz CT molecular complexity index is 405. The van der Waals surface area contributed by atoms with Gasteiger partial charge in [0.05, 0.1) is 0 Å². The summed E-state index contributed by atoms with van der Waals surface area (Å²) in [7, 11) is 0. The second-order valence-corrected chi connectivity index (χ2v) is 7.48. The van der Waals surface area contributed by atoms with Gasteiger partial charge in [-0.05, 0) is 30.5 Å². The molecule has 1 saturated heterocycles. The largest absolute Gasteiger partial charge is 0.381 e. The van der Waals surface area contributed by atoms with Gasteiger partial charge in [-0.1, -0.05) is 35.8 Å². The molecule has 0 saturated carbocycles. The third-order valence-corrected chi connectivity index (χ3v) is 5.12. The molecular formula is C15H22BrNOS. The number of hydrogen-bond donors (Lipinski definition) is 1. The molecule has 0 amide bonds. The maximum atomic E-state index is 5.44. The van der Waals surface area contributed by atoms with Crippen molar-refractivity contribution in [2.45, 2.75) is 49.4 Å². The molecule has 1 N–H and O–H groups in total. The van der Waals surface area contributed by atoms with Crippen molar-refractivity contribution in [3.63, 3.8) is 0 Å². The molecule has 0 atom stereocenters. The molecule has 0 unspecified atom stereocenters. The van der Waals surface area contributed by atoms with E-state index in [1.807, 2.05) is 11.8 Å². The number of benzene rings is 1. The Hall–Kier alpha value is -0.0300. The first-order valence-electron chi connectivity index (χ1n) is 6.91. The van der Waals surface area contributed by atoms with E-state index >= 15 is 0 Å². The van der Waals surface area contributed by atoms with E-state index in [2.05, 4.69) is 53.3 Å². The summed E-state index contributed by atoms with van der Waals surface area (Å²) in [6.07, 6.45) is 2.32. The summed E-state index contributed by atoms with van der Waals surface area (Å²) in [5, 5.41) is 4.20. The maximum absolute atomic E-state index is 5.44. The molecule has 1 fully saturated rings. The zero-order valence-corrected chi connectivity index (χ0v) is 14.0. The van der Waals surface area contributed by atoms with Crippen molar-refractivity contribution in [2.75, 3.05) is 13.2 Å². The molecule has 19 heavy (non-hydrogen) atoms. The van der Waals surface area contributed by atoms with Crippen LogP contribution in [0.4, 0.5) is 0 Å². The van der Waals surface area contributed by atoms with Crippen LogP contribution in [0.15, 0.2) is 27.6 Å². The molecule has 1 aliphatic heterocycles. The Morgan fingerprint density at radius 2 is 2.11 bits per heavy atom. The number of thioether (sulfide) groups is 1. The maximum Gasteiger partial charge on any atom is 0.0476 e.